The van der Waals surface area contributed by atoms with Gasteiger partial charge >= 0.3 is 0 Å². The smallest absolute Gasteiger partial charge is 0.129 e. The van der Waals surface area contributed by atoms with E-state index in [0.29, 0.717) is 5.56 Å². The predicted octanol–water partition coefficient (Wildman–Crippen LogP) is 4.26. The highest BCUT2D eigenvalue weighted by atomic mass is 19.1. The highest BCUT2D eigenvalue weighted by Gasteiger charge is 2.13. The van der Waals surface area contributed by atoms with Crippen LogP contribution in [-0.2, 0) is 0 Å². The van der Waals surface area contributed by atoms with Crippen molar-refractivity contribution in [1.82, 2.24) is 0 Å². The van der Waals surface area contributed by atoms with Crippen LogP contribution < -0.4 is 0 Å². The van der Waals surface area contributed by atoms with Crippen LogP contribution in [-0.4, -0.2) is 0 Å². The van der Waals surface area contributed by atoms with Gasteiger partial charge in [0.15, 0.2) is 0 Å². The molecule has 1 unspecified atom stereocenters. The molecule has 1 atom stereocenters. The Morgan fingerprint density at radius 2 is 1.93 bits per heavy atom. The molecule has 0 radical (unpaired) electrons. The number of benzene rings is 1. The number of hydrogen-bond acceptors (Lipinski definition) is 0. The zero-order valence-corrected chi connectivity index (χ0v) is 8.69. The topological polar surface area (TPSA) is 0 Å². The van der Waals surface area contributed by atoms with E-state index in [9.17, 15) is 8.78 Å². The van der Waals surface area contributed by atoms with Crippen molar-refractivity contribution in [2.45, 2.75) is 39.0 Å². The molecule has 0 N–H and O–H groups in total. The lowest BCUT2D eigenvalue weighted by atomic mass is 9.92. The van der Waals surface area contributed by atoms with Gasteiger partial charge in [0, 0.05) is 6.07 Å². The van der Waals surface area contributed by atoms with E-state index in [1.807, 2.05) is 6.92 Å². The van der Waals surface area contributed by atoms with Gasteiger partial charge in [0.1, 0.15) is 11.6 Å². The first-order valence-corrected chi connectivity index (χ1v) is 5.14. The van der Waals surface area contributed by atoms with Gasteiger partial charge in [-0.1, -0.05) is 26.3 Å². The van der Waals surface area contributed by atoms with Crippen molar-refractivity contribution in [3.63, 3.8) is 0 Å². The zero-order valence-electron chi connectivity index (χ0n) is 8.69. The molecular formula is C12H16F2. The molecule has 0 aliphatic heterocycles. The van der Waals surface area contributed by atoms with E-state index in [-0.39, 0.29) is 5.92 Å². The molecular weight excluding hydrogens is 182 g/mol. The fourth-order valence-corrected chi connectivity index (χ4v) is 1.76. The minimum atomic E-state index is -0.502. The summed E-state index contributed by atoms with van der Waals surface area (Å²) >= 11 is 0. The van der Waals surface area contributed by atoms with Crippen molar-refractivity contribution in [3.8, 4) is 0 Å². The SMILES string of the molecule is CCCC(CC)c1ccc(F)cc1F. The monoisotopic (exact) mass is 198 g/mol. The van der Waals surface area contributed by atoms with E-state index in [1.165, 1.54) is 6.07 Å². The Bertz CT molecular complexity index is 294. The molecule has 1 rings (SSSR count). The Kier molecular flexibility index (Phi) is 4.05. The molecule has 0 aliphatic carbocycles. The van der Waals surface area contributed by atoms with Crippen LogP contribution in [0.5, 0.6) is 0 Å². The van der Waals surface area contributed by atoms with Crippen molar-refractivity contribution >= 4 is 0 Å². The Hall–Kier alpha value is -0.920. The van der Waals surface area contributed by atoms with Crippen LogP contribution in [0.2, 0.25) is 0 Å². The summed E-state index contributed by atoms with van der Waals surface area (Å²) in [6.45, 7) is 4.10. The van der Waals surface area contributed by atoms with Crippen LogP contribution in [0.3, 0.4) is 0 Å². The first-order chi connectivity index (χ1) is 6.69. The summed E-state index contributed by atoms with van der Waals surface area (Å²) in [6, 6.07) is 3.86. The molecule has 0 amide bonds. The lowest BCUT2D eigenvalue weighted by molar-refractivity contribution is 0.526. The van der Waals surface area contributed by atoms with Crippen molar-refractivity contribution < 1.29 is 8.78 Å². The van der Waals surface area contributed by atoms with Gasteiger partial charge in [-0.25, -0.2) is 8.78 Å². The first-order valence-electron chi connectivity index (χ1n) is 5.14. The second-order valence-corrected chi connectivity index (χ2v) is 3.56. The normalized spacial score (nSPS) is 12.9. The molecule has 0 spiro atoms. The summed E-state index contributed by atoms with van der Waals surface area (Å²) in [7, 11) is 0. The van der Waals surface area contributed by atoms with Gasteiger partial charge in [0.2, 0.25) is 0 Å². The minimum Gasteiger partial charge on any atom is -0.207 e. The van der Waals surface area contributed by atoms with Gasteiger partial charge in [-0.05, 0) is 30.4 Å². The van der Waals surface area contributed by atoms with Crippen molar-refractivity contribution in [2.75, 3.05) is 0 Å². The maximum absolute atomic E-state index is 13.4. The minimum absolute atomic E-state index is 0.223. The quantitative estimate of drug-likeness (QED) is 0.678. The molecule has 0 nitrogen and oxygen atoms in total. The third kappa shape index (κ3) is 2.53. The molecule has 14 heavy (non-hydrogen) atoms. The largest absolute Gasteiger partial charge is 0.207 e. The van der Waals surface area contributed by atoms with Gasteiger partial charge in [-0.15, -0.1) is 0 Å². The van der Waals surface area contributed by atoms with E-state index >= 15 is 0 Å². The van der Waals surface area contributed by atoms with Gasteiger partial charge < -0.3 is 0 Å². The Morgan fingerprint density at radius 3 is 2.43 bits per heavy atom. The summed E-state index contributed by atoms with van der Waals surface area (Å²) in [6.07, 6.45) is 2.88. The second-order valence-electron chi connectivity index (χ2n) is 3.56. The summed E-state index contributed by atoms with van der Waals surface area (Å²) in [5.41, 5.74) is 0.649. The molecule has 0 heterocycles. The van der Waals surface area contributed by atoms with Crippen LogP contribution in [0.4, 0.5) is 8.78 Å². The predicted molar refractivity (Wildman–Crippen MR) is 54.3 cm³/mol. The maximum Gasteiger partial charge on any atom is 0.129 e. The Labute approximate surface area is 84.0 Å². The highest BCUT2D eigenvalue weighted by Crippen LogP contribution is 2.27. The van der Waals surface area contributed by atoms with Gasteiger partial charge in [0.25, 0.3) is 0 Å². The zero-order chi connectivity index (χ0) is 10.6. The molecule has 0 saturated heterocycles. The fraction of sp³-hybridized carbons (Fsp3) is 0.500. The van der Waals surface area contributed by atoms with Gasteiger partial charge in [-0.2, -0.15) is 0 Å². The maximum atomic E-state index is 13.4. The fourth-order valence-electron chi connectivity index (χ4n) is 1.76. The molecule has 0 aromatic heterocycles. The highest BCUT2D eigenvalue weighted by molar-refractivity contribution is 5.22. The van der Waals surface area contributed by atoms with Crippen molar-refractivity contribution in [3.05, 3.63) is 35.4 Å². The number of rotatable bonds is 4. The lowest BCUT2D eigenvalue weighted by Crippen LogP contribution is -2.00. The summed E-state index contributed by atoms with van der Waals surface area (Å²) in [5.74, 6) is -0.691. The lowest BCUT2D eigenvalue weighted by Gasteiger charge is -2.14. The van der Waals surface area contributed by atoms with E-state index < -0.39 is 11.6 Å². The number of hydrogen-bond donors (Lipinski definition) is 0. The molecule has 0 saturated carbocycles. The molecule has 0 aliphatic rings. The summed E-state index contributed by atoms with van der Waals surface area (Å²) < 4.78 is 26.0. The van der Waals surface area contributed by atoms with Crippen LogP contribution in [0.25, 0.3) is 0 Å². The Balaban J connectivity index is 2.92. The molecule has 78 valence electrons. The van der Waals surface area contributed by atoms with Crippen LogP contribution in [0, 0.1) is 11.6 Å². The molecule has 1 aromatic carbocycles. The van der Waals surface area contributed by atoms with Crippen LogP contribution >= 0.6 is 0 Å². The van der Waals surface area contributed by atoms with Crippen LogP contribution in [0.1, 0.15) is 44.6 Å². The number of halogens is 2. The van der Waals surface area contributed by atoms with E-state index in [0.717, 1.165) is 25.3 Å². The van der Waals surface area contributed by atoms with E-state index in [4.69, 9.17) is 0 Å². The third-order valence-electron chi connectivity index (χ3n) is 2.53. The van der Waals surface area contributed by atoms with Crippen LogP contribution in [0.15, 0.2) is 18.2 Å². The summed E-state index contributed by atoms with van der Waals surface area (Å²) in [4.78, 5) is 0. The molecule has 0 fully saturated rings. The third-order valence-corrected chi connectivity index (χ3v) is 2.53. The first kappa shape index (κ1) is 11.2. The standard InChI is InChI=1S/C12H16F2/c1-3-5-9(4-2)11-7-6-10(13)8-12(11)14/h6-9H,3-5H2,1-2H3. The summed E-state index contributed by atoms with van der Waals surface area (Å²) in [5, 5.41) is 0. The van der Waals surface area contributed by atoms with Crippen molar-refractivity contribution in [2.24, 2.45) is 0 Å². The average Bonchev–Trinajstić information content (AvgIpc) is 2.15. The van der Waals surface area contributed by atoms with Gasteiger partial charge in [-0.3, -0.25) is 0 Å². The average molecular weight is 198 g/mol. The van der Waals surface area contributed by atoms with Crippen molar-refractivity contribution in [1.29, 1.82) is 0 Å². The second kappa shape index (κ2) is 5.08. The molecule has 1 aromatic rings. The Morgan fingerprint density at radius 1 is 1.21 bits per heavy atom. The van der Waals surface area contributed by atoms with Gasteiger partial charge in [0.05, 0.1) is 0 Å². The van der Waals surface area contributed by atoms with E-state index in [2.05, 4.69) is 6.92 Å². The molecule has 0 bridgehead atoms. The molecule has 2 heteroatoms. The van der Waals surface area contributed by atoms with E-state index in [1.54, 1.807) is 6.07 Å².